The van der Waals surface area contributed by atoms with Crippen molar-refractivity contribution in [2.45, 2.75) is 33.3 Å². The summed E-state index contributed by atoms with van der Waals surface area (Å²) < 4.78 is 17.1. The number of carbonyl (C=O) groups is 3. The number of imide groups is 1. The summed E-state index contributed by atoms with van der Waals surface area (Å²) in [5.41, 5.74) is 2.20. The first-order valence-electron chi connectivity index (χ1n) is 12.8. The first-order valence-corrected chi connectivity index (χ1v) is 13.6. The number of carbonyl (C=O) groups excluding carboxylic acids is 3. The van der Waals surface area contributed by atoms with Crippen LogP contribution in [-0.4, -0.2) is 67.5 Å². The molecule has 2 fully saturated rings. The van der Waals surface area contributed by atoms with E-state index in [0.29, 0.717) is 42.6 Å². The number of para-hydroxylation sites is 2. The van der Waals surface area contributed by atoms with Gasteiger partial charge in [-0.25, -0.2) is 0 Å². The van der Waals surface area contributed by atoms with E-state index in [0.717, 1.165) is 41.9 Å². The molecule has 0 radical (unpaired) electrons. The van der Waals surface area contributed by atoms with E-state index in [1.54, 1.807) is 24.3 Å². The van der Waals surface area contributed by atoms with Crippen LogP contribution in [0.4, 0.5) is 16.2 Å². The number of ether oxygens (including phenoxy) is 3. The van der Waals surface area contributed by atoms with Crippen molar-refractivity contribution < 1.29 is 28.6 Å². The van der Waals surface area contributed by atoms with Gasteiger partial charge in [0.1, 0.15) is 6.54 Å². The monoisotopic (exact) mass is 539 g/mol. The van der Waals surface area contributed by atoms with Crippen LogP contribution in [0.15, 0.2) is 47.4 Å². The number of nitrogens with zero attached hydrogens (tertiary/aromatic N) is 2. The largest absolute Gasteiger partial charge is 0.490 e. The SMILES string of the molecule is CCOc1cc(/C=C2/SC(=O)N(CC(=O)Nc3ccccc3N3CCOCC3)C2=O)ccc1O[C@@H](C)CC. The van der Waals surface area contributed by atoms with E-state index in [2.05, 4.69) is 10.2 Å². The molecule has 202 valence electrons. The summed E-state index contributed by atoms with van der Waals surface area (Å²) in [5, 5.41) is 2.38. The van der Waals surface area contributed by atoms with Crippen LogP contribution in [-0.2, 0) is 14.3 Å². The van der Waals surface area contributed by atoms with E-state index in [1.165, 1.54) is 0 Å². The Morgan fingerprint density at radius 3 is 2.63 bits per heavy atom. The Kier molecular flexibility index (Phi) is 9.30. The molecular weight excluding hydrogens is 506 g/mol. The highest BCUT2D eigenvalue weighted by Crippen LogP contribution is 2.35. The van der Waals surface area contributed by atoms with Crippen LogP contribution in [0.2, 0.25) is 0 Å². The molecule has 0 spiro atoms. The highest BCUT2D eigenvalue weighted by Gasteiger charge is 2.36. The van der Waals surface area contributed by atoms with Gasteiger partial charge < -0.3 is 24.4 Å². The van der Waals surface area contributed by atoms with Gasteiger partial charge in [0.25, 0.3) is 11.1 Å². The van der Waals surface area contributed by atoms with Crippen molar-refractivity contribution in [3.63, 3.8) is 0 Å². The minimum absolute atomic E-state index is 0.0311. The Balaban J connectivity index is 1.45. The van der Waals surface area contributed by atoms with Gasteiger partial charge >= 0.3 is 0 Å². The van der Waals surface area contributed by atoms with Crippen molar-refractivity contribution in [2.24, 2.45) is 0 Å². The average molecular weight is 540 g/mol. The maximum Gasteiger partial charge on any atom is 0.294 e. The first kappa shape index (κ1) is 27.5. The number of thioether (sulfide) groups is 1. The Morgan fingerprint density at radius 1 is 1.13 bits per heavy atom. The summed E-state index contributed by atoms with van der Waals surface area (Å²) in [6, 6.07) is 12.9. The third kappa shape index (κ3) is 6.68. The van der Waals surface area contributed by atoms with E-state index in [4.69, 9.17) is 14.2 Å². The molecule has 2 aliphatic heterocycles. The Hall–Kier alpha value is -3.50. The van der Waals surface area contributed by atoms with Crippen LogP contribution >= 0.6 is 11.8 Å². The van der Waals surface area contributed by atoms with Crippen molar-refractivity contribution in [3.8, 4) is 11.5 Å². The highest BCUT2D eigenvalue weighted by molar-refractivity contribution is 8.18. The predicted molar refractivity (Wildman–Crippen MR) is 149 cm³/mol. The van der Waals surface area contributed by atoms with Gasteiger partial charge in [0.15, 0.2) is 11.5 Å². The number of benzene rings is 2. The lowest BCUT2D eigenvalue weighted by Crippen LogP contribution is -2.38. The molecule has 4 rings (SSSR count). The molecule has 10 heteroatoms. The fraction of sp³-hybridized carbons (Fsp3) is 0.393. The standard InChI is InChI=1S/C28H33N3O6S/c1-4-19(3)37-23-11-10-20(16-24(23)36-5-2)17-25-27(33)31(28(34)38-25)18-26(32)29-21-8-6-7-9-22(21)30-12-14-35-15-13-30/h6-11,16-17,19H,4-5,12-15,18H2,1-3H3,(H,29,32)/b25-17+/t19-/m0/s1. The fourth-order valence-corrected chi connectivity index (χ4v) is 4.90. The second-order valence-corrected chi connectivity index (χ2v) is 9.90. The Labute approximate surface area is 227 Å². The summed E-state index contributed by atoms with van der Waals surface area (Å²) in [6.45, 7) is 8.67. The molecule has 2 aromatic rings. The van der Waals surface area contributed by atoms with Crippen molar-refractivity contribution in [3.05, 3.63) is 52.9 Å². The van der Waals surface area contributed by atoms with Gasteiger partial charge in [0.2, 0.25) is 5.91 Å². The minimum atomic E-state index is -0.505. The predicted octanol–water partition coefficient (Wildman–Crippen LogP) is 4.77. The molecule has 2 heterocycles. The van der Waals surface area contributed by atoms with Crippen molar-refractivity contribution >= 4 is 46.3 Å². The van der Waals surface area contributed by atoms with E-state index >= 15 is 0 Å². The maximum absolute atomic E-state index is 13.0. The first-order chi connectivity index (χ1) is 18.4. The second kappa shape index (κ2) is 12.8. The van der Waals surface area contributed by atoms with Gasteiger partial charge in [0.05, 0.1) is 42.2 Å². The molecule has 1 atom stereocenters. The number of amides is 3. The molecule has 9 nitrogen and oxygen atoms in total. The van der Waals surface area contributed by atoms with Gasteiger partial charge in [-0.3, -0.25) is 19.3 Å². The molecule has 1 N–H and O–H groups in total. The maximum atomic E-state index is 13.0. The summed E-state index contributed by atoms with van der Waals surface area (Å²) in [6.07, 6.45) is 2.52. The van der Waals surface area contributed by atoms with Gasteiger partial charge in [-0.15, -0.1) is 0 Å². The lowest BCUT2D eigenvalue weighted by Gasteiger charge is -2.30. The molecule has 0 saturated carbocycles. The molecular formula is C28H33N3O6S. The lowest BCUT2D eigenvalue weighted by molar-refractivity contribution is -0.127. The minimum Gasteiger partial charge on any atom is -0.490 e. The zero-order chi connectivity index (χ0) is 27.1. The summed E-state index contributed by atoms with van der Waals surface area (Å²) in [5.74, 6) is 0.244. The number of anilines is 2. The van der Waals surface area contributed by atoms with Crippen LogP contribution in [0.1, 0.15) is 32.8 Å². The van der Waals surface area contributed by atoms with Crippen LogP contribution in [0.3, 0.4) is 0 Å². The van der Waals surface area contributed by atoms with Gasteiger partial charge in [0, 0.05) is 13.1 Å². The highest BCUT2D eigenvalue weighted by atomic mass is 32.2. The average Bonchev–Trinajstić information content (AvgIpc) is 3.18. The zero-order valence-electron chi connectivity index (χ0n) is 21.9. The third-order valence-corrected chi connectivity index (χ3v) is 7.08. The van der Waals surface area contributed by atoms with Crippen molar-refractivity contribution in [1.29, 1.82) is 0 Å². The molecule has 2 saturated heterocycles. The van der Waals surface area contributed by atoms with Crippen molar-refractivity contribution in [2.75, 3.05) is 49.7 Å². The van der Waals surface area contributed by atoms with Crippen LogP contribution in [0, 0.1) is 0 Å². The summed E-state index contributed by atoms with van der Waals surface area (Å²) >= 11 is 0.813. The van der Waals surface area contributed by atoms with Gasteiger partial charge in [-0.1, -0.05) is 25.1 Å². The summed E-state index contributed by atoms with van der Waals surface area (Å²) in [7, 11) is 0. The molecule has 0 unspecified atom stereocenters. The molecule has 38 heavy (non-hydrogen) atoms. The molecule has 0 aromatic heterocycles. The molecule has 3 amide bonds. The number of hydrogen-bond acceptors (Lipinski definition) is 8. The normalized spacial score (nSPS) is 17.6. The van der Waals surface area contributed by atoms with E-state index in [-0.39, 0.29) is 17.6 Å². The second-order valence-electron chi connectivity index (χ2n) is 8.91. The van der Waals surface area contributed by atoms with Crippen LogP contribution in [0.25, 0.3) is 6.08 Å². The number of morpholine rings is 1. The number of hydrogen-bond donors (Lipinski definition) is 1. The molecule has 2 aliphatic rings. The fourth-order valence-electron chi connectivity index (χ4n) is 4.06. The third-order valence-electron chi connectivity index (χ3n) is 6.17. The lowest BCUT2D eigenvalue weighted by atomic mass is 10.1. The summed E-state index contributed by atoms with van der Waals surface area (Å²) in [4.78, 5) is 41.9. The van der Waals surface area contributed by atoms with Crippen molar-refractivity contribution in [1.82, 2.24) is 4.90 Å². The van der Waals surface area contributed by atoms with Gasteiger partial charge in [-0.2, -0.15) is 0 Å². The Bertz CT molecular complexity index is 1210. The number of nitrogens with one attached hydrogen (secondary N) is 1. The molecule has 0 aliphatic carbocycles. The quantitative estimate of drug-likeness (QED) is 0.431. The van der Waals surface area contributed by atoms with Gasteiger partial charge in [-0.05, 0) is 67.9 Å². The number of rotatable bonds is 10. The zero-order valence-corrected chi connectivity index (χ0v) is 22.7. The van der Waals surface area contributed by atoms with E-state index < -0.39 is 17.1 Å². The van der Waals surface area contributed by atoms with E-state index in [1.807, 2.05) is 45.0 Å². The van der Waals surface area contributed by atoms with E-state index in [9.17, 15) is 14.4 Å². The molecule has 2 aromatic carbocycles. The molecule has 0 bridgehead atoms. The Morgan fingerprint density at radius 2 is 1.89 bits per heavy atom. The van der Waals surface area contributed by atoms with Crippen LogP contribution in [0.5, 0.6) is 11.5 Å². The van der Waals surface area contributed by atoms with Crippen LogP contribution < -0.4 is 19.7 Å². The topological polar surface area (TPSA) is 97.4 Å². The smallest absolute Gasteiger partial charge is 0.294 e.